The largest absolute Gasteiger partial charge is 0.348 e. The zero-order valence-electron chi connectivity index (χ0n) is 8.44. The van der Waals surface area contributed by atoms with Crippen LogP contribution in [0, 0.1) is 11.3 Å². The van der Waals surface area contributed by atoms with Gasteiger partial charge >= 0.3 is 0 Å². The molecule has 1 atom stereocenters. The second-order valence-electron chi connectivity index (χ2n) is 3.43. The van der Waals surface area contributed by atoms with Crippen molar-refractivity contribution in [2.75, 3.05) is 0 Å². The van der Waals surface area contributed by atoms with Crippen LogP contribution in [0.1, 0.15) is 29.7 Å². The topological polar surface area (TPSA) is 52.5 Å². The number of aromatic nitrogens is 2. The minimum atomic E-state index is 0.170. The van der Waals surface area contributed by atoms with Gasteiger partial charge in [-0.3, -0.25) is 0 Å². The standard InChI is InChI=1S/C12H11N3/c1-9(12-7-14-8-15-12)11-5-3-2-4-10(11)6-13/h2-5,7-9H,1H3,(H,14,15). The molecule has 0 aliphatic carbocycles. The molecule has 0 aliphatic rings. The summed E-state index contributed by atoms with van der Waals surface area (Å²) in [5.41, 5.74) is 2.78. The van der Waals surface area contributed by atoms with Gasteiger partial charge in [0.2, 0.25) is 0 Å². The zero-order chi connectivity index (χ0) is 10.7. The van der Waals surface area contributed by atoms with Crippen LogP contribution in [0.15, 0.2) is 36.8 Å². The number of nitriles is 1. The molecule has 1 aromatic carbocycles. The molecule has 0 saturated heterocycles. The fraction of sp³-hybridized carbons (Fsp3) is 0.167. The maximum atomic E-state index is 8.99. The third-order valence-corrected chi connectivity index (χ3v) is 2.53. The Balaban J connectivity index is 2.42. The normalized spacial score (nSPS) is 12.0. The molecule has 1 heterocycles. The Morgan fingerprint density at radius 2 is 2.20 bits per heavy atom. The minimum absolute atomic E-state index is 0.170. The quantitative estimate of drug-likeness (QED) is 0.803. The summed E-state index contributed by atoms with van der Waals surface area (Å²) in [4.78, 5) is 7.05. The zero-order valence-corrected chi connectivity index (χ0v) is 8.44. The highest BCUT2D eigenvalue weighted by atomic mass is 14.9. The van der Waals surface area contributed by atoms with Crippen molar-refractivity contribution in [2.45, 2.75) is 12.8 Å². The third kappa shape index (κ3) is 1.75. The molecule has 2 rings (SSSR count). The first-order chi connectivity index (χ1) is 7.33. The van der Waals surface area contributed by atoms with Crippen LogP contribution in [0.4, 0.5) is 0 Å². The summed E-state index contributed by atoms with van der Waals surface area (Å²) in [6, 6.07) is 9.84. The van der Waals surface area contributed by atoms with E-state index in [2.05, 4.69) is 23.0 Å². The molecule has 1 unspecified atom stereocenters. The van der Waals surface area contributed by atoms with Crippen LogP contribution in [0.5, 0.6) is 0 Å². The summed E-state index contributed by atoms with van der Waals surface area (Å²) in [6.07, 6.45) is 3.44. The molecule has 3 nitrogen and oxygen atoms in total. The van der Waals surface area contributed by atoms with Crippen LogP contribution in [-0.2, 0) is 0 Å². The second kappa shape index (κ2) is 3.97. The van der Waals surface area contributed by atoms with Crippen LogP contribution in [0.25, 0.3) is 0 Å². The highest BCUT2D eigenvalue weighted by molar-refractivity contribution is 5.42. The average Bonchev–Trinajstić information content (AvgIpc) is 2.81. The first-order valence-corrected chi connectivity index (χ1v) is 4.80. The van der Waals surface area contributed by atoms with Crippen molar-refractivity contribution in [1.29, 1.82) is 5.26 Å². The van der Waals surface area contributed by atoms with Gasteiger partial charge in [0.05, 0.1) is 18.0 Å². The average molecular weight is 197 g/mol. The van der Waals surface area contributed by atoms with Gasteiger partial charge in [0.15, 0.2) is 0 Å². The van der Waals surface area contributed by atoms with Crippen molar-refractivity contribution >= 4 is 0 Å². The van der Waals surface area contributed by atoms with E-state index in [1.807, 2.05) is 24.3 Å². The van der Waals surface area contributed by atoms with Crippen molar-refractivity contribution < 1.29 is 0 Å². The van der Waals surface area contributed by atoms with E-state index >= 15 is 0 Å². The Kier molecular flexibility index (Phi) is 2.51. The Labute approximate surface area is 88.4 Å². The Bertz CT molecular complexity index is 480. The summed E-state index contributed by atoms with van der Waals surface area (Å²) in [5, 5.41) is 8.99. The van der Waals surface area contributed by atoms with Crippen molar-refractivity contribution in [2.24, 2.45) is 0 Å². The van der Waals surface area contributed by atoms with Gasteiger partial charge in [-0.25, -0.2) is 4.98 Å². The number of hydrogen-bond acceptors (Lipinski definition) is 2. The lowest BCUT2D eigenvalue weighted by Crippen LogP contribution is -1.99. The van der Waals surface area contributed by atoms with Crippen molar-refractivity contribution in [1.82, 2.24) is 9.97 Å². The molecule has 1 aromatic heterocycles. The molecule has 15 heavy (non-hydrogen) atoms. The van der Waals surface area contributed by atoms with Gasteiger partial charge < -0.3 is 4.98 Å². The highest BCUT2D eigenvalue weighted by Crippen LogP contribution is 2.24. The van der Waals surface area contributed by atoms with Crippen LogP contribution in [-0.4, -0.2) is 9.97 Å². The fourth-order valence-corrected chi connectivity index (χ4v) is 1.65. The lowest BCUT2D eigenvalue weighted by atomic mass is 9.94. The predicted molar refractivity (Wildman–Crippen MR) is 57.3 cm³/mol. The van der Waals surface area contributed by atoms with E-state index in [-0.39, 0.29) is 5.92 Å². The number of nitrogens with one attached hydrogen (secondary N) is 1. The van der Waals surface area contributed by atoms with E-state index in [0.717, 1.165) is 16.8 Å². The van der Waals surface area contributed by atoms with Gasteiger partial charge in [0.1, 0.15) is 0 Å². The van der Waals surface area contributed by atoms with Gasteiger partial charge in [-0.2, -0.15) is 5.26 Å². The van der Waals surface area contributed by atoms with Gasteiger partial charge in [-0.15, -0.1) is 0 Å². The van der Waals surface area contributed by atoms with Gasteiger partial charge in [0, 0.05) is 17.8 Å². The van der Waals surface area contributed by atoms with Crippen molar-refractivity contribution in [3.8, 4) is 6.07 Å². The van der Waals surface area contributed by atoms with E-state index in [1.165, 1.54) is 0 Å². The first kappa shape index (κ1) is 9.47. The summed E-state index contributed by atoms with van der Waals surface area (Å²) in [7, 11) is 0. The molecule has 0 radical (unpaired) electrons. The first-order valence-electron chi connectivity index (χ1n) is 4.80. The number of imidazole rings is 1. The molecule has 0 aliphatic heterocycles. The molecule has 0 amide bonds. The van der Waals surface area contributed by atoms with E-state index in [4.69, 9.17) is 5.26 Å². The molecule has 1 N–H and O–H groups in total. The van der Waals surface area contributed by atoms with E-state index in [9.17, 15) is 0 Å². The summed E-state index contributed by atoms with van der Waals surface area (Å²) in [5.74, 6) is 0.170. The summed E-state index contributed by atoms with van der Waals surface area (Å²) < 4.78 is 0. The lowest BCUT2D eigenvalue weighted by molar-refractivity contribution is 0.879. The number of hydrogen-bond donors (Lipinski definition) is 1. The van der Waals surface area contributed by atoms with Gasteiger partial charge in [0.25, 0.3) is 0 Å². The van der Waals surface area contributed by atoms with Crippen molar-refractivity contribution in [3.05, 3.63) is 53.6 Å². The number of aromatic amines is 1. The Hall–Kier alpha value is -2.08. The van der Waals surface area contributed by atoms with E-state index in [0.29, 0.717) is 0 Å². The fourth-order valence-electron chi connectivity index (χ4n) is 1.65. The second-order valence-corrected chi connectivity index (χ2v) is 3.43. The van der Waals surface area contributed by atoms with Crippen LogP contribution >= 0.6 is 0 Å². The molecule has 3 heteroatoms. The maximum absolute atomic E-state index is 8.99. The Morgan fingerprint density at radius 1 is 1.40 bits per heavy atom. The molecular formula is C12H11N3. The van der Waals surface area contributed by atoms with Crippen LogP contribution < -0.4 is 0 Å². The van der Waals surface area contributed by atoms with Crippen molar-refractivity contribution in [3.63, 3.8) is 0 Å². The SMILES string of the molecule is CC(c1cnc[nH]1)c1ccccc1C#N. The van der Waals surface area contributed by atoms with E-state index < -0.39 is 0 Å². The molecule has 74 valence electrons. The van der Waals surface area contributed by atoms with Crippen LogP contribution in [0.3, 0.4) is 0 Å². The van der Waals surface area contributed by atoms with Gasteiger partial charge in [-0.05, 0) is 11.6 Å². The summed E-state index contributed by atoms with van der Waals surface area (Å²) >= 11 is 0. The van der Waals surface area contributed by atoms with E-state index in [1.54, 1.807) is 12.5 Å². The number of benzene rings is 1. The molecule has 2 aromatic rings. The summed E-state index contributed by atoms with van der Waals surface area (Å²) in [6.45, 7) is 2.06. The molecule has 0 fully saturated rings. The number of nitrogens with zero attached hydrogens (tertiary/aromatic N) is 2. The smallest absolute Gasteiger partial charge is 0.0994 e. The Morgan fingerprint density at radius 3 is 2.87 bits per heavy atom. The highest BCUT2D eigenvalue weighted by Gasteiger charge is 2.12. The lowest BCUT2D eigenvalue weighted by Gasteiger charge is -2.10. The third-order valence-electron chi connectivity index (χ3n) is 2.53. The number of H-pyrrole nitrogens is 1. The molecule has 0 spiro atoms. The predicted octanol–water partition coefficient (Wildman–Crippen LogP) is 2.43. The monoisotopic (exact) mass is 197 g/mol. The number of rotatable bonds is 2. The van der Waals surface area contributed by atoms with Gasteiger partial charge in [-0.1, -0.05) is 25.1 Å². The van der Waals surface area contributed by atoms with Crippen LogP contribution in [0.2, 0.25) is 0 Å². The molecule has 0 saturated carbocycles. The molecule has 0 bridgehead atoms. The molecular weight excluding hydrogens is 186 g/mol. The maximum Gasteiger partial charge on any atom is 0.0994 e. The minimum Gasteiger partial charge on any atom is -0.348 e.